The topological polar surface area (TPSA) is 45.1 Å². The Morgan fingerprint density at radius 1 is 1.46 bits per heavy atom. The van der Waals surface area contributed by atoms with E-state index >= 15 is 0 Å². The van der Waals surface area contributed by atoms with E-state index in [1.54, 1.807) is 20.0 Å². The van der Waals surface area contributed by atoms with Gasteiger partial charge >= 0.3 is 0 Å². The molecule has 13 heavy (non-hydrogen) atoms. The van der Waals surface area contributed by atoms with E-state index in [0.29, 0.717) is 0 Å². The van der Waals surface area contributed by atoms with Gasteiger partial charge < -0.3 is 10.4 Å². The van der Waals surface area contributed by atoms with Crippen LogP contribution in [0.2, 0.25) is 0 Å². The van der Waals surface area contributed by atoms with Crippen LogP contribution >= 0.6 is 0 Å². The van der Waals surface area contributed by atoms with Crippen LogP contribution in [0.15, 0.2) is 18.3 Å². The van der Waals surface area contributed by atoms with Crippen molar-refractivity contribution < 1.29 is 5.11 Å². The molecule has 1 rings (SSSR count). The van der Waals surface area contributed by atoms with Gasteiger partial charge in [-0.1, -0.05) is 6.07 Å². The Balaban J connectivity index is 2.81. The van der Waals surface area contributed by atoms with Crippen molar-refractivity contribution in [1.29, 1.82) is 0 Å². The smallest absolute Gasteiger partial charge is 0.125 e. The fourth-order valence-corrected chi connectivity index (χ4v) is 1.04. The molecular formula is C10H16N2O. The number of hydrogen-bond donors (Lipinski definition) is 2. The first-order chi connectivity index (χ1) is 6.04. The normalized spacial score (nSPS) is 11.4. The van der Waals surface area contributed by atoms with E-state index in [4.69, 9.17) is 0 Å². The Kier molecular flexibility index (Phi) is 2.88. The van der Waals surface area contributed by atoms with Gasteiger partial charge in [-0.25, -0.2) is 4.98 Å². The maximum absolute atomic E-state index is 9.65. The molecule has 1 heterocycles. The second-order valence-corrected chi connectivity index (χ2v) is 3.52. The van der Waals surface area contributed by atoms with Gasteiger partial charge in [0, 0.05) is 18.3 Å². The first kappa shape index (κ1) is 9.99. The largest absolute Gasteiger partial charge is 0.386 e. The maximum atomic E-state index is 9.65. The summed E-state index contributed by atoms with van der Waals surface area (Å²) < 4.78 is 0. The molecule has 3 nitrogen and oxygen atoms in total. The molecule has 0 unspecified atom stereocenters. The molecule has 0 saturated carbocycles. The van der Waals surface area contributed by atoms with Gasteiger partial charge in [-0.15, -0.1) is 0 Å². The predicted octanol–water partition coefficient (Wildman–Crippen LogP) is 1.74. The summed E-state index contributed by atoms with van der Waals surface area (Å²) in [5, 5.41) is 12.7. The minimum absolute atomic E-state index is 0.808. The van der Waals surface area contributed by atoms with Crippen LogP contribution in [-0.2, 0) is 5.60 Å². The molecule has 1 aromatic rings. The lowest BCUT2D eigenvalue weighted by molar-refractivity contribution is 0.0782. The van der Waals surface area contributed by atoms with Crippen LogP contribution in [0.5, 0.6) is 0 Å². The van der Waals surface area contributed by atoms with Gasteiger partial charge in [-0.05, 0) is 26.8 Å². The average molecular weight is 180 g/mol. The molecule has 1 aromatic heterocycles. The molecule has 3 heteroatoms. The van der Waals surface area contributed by atoms with E-state index in [1.165, 1.54) is 0 Å². The molecule has 0 aromatic carbocycles. The third-order valence-corrected chi connectivity index (χ3v) is 1.83. The minimum atomic E-state index is -0.808. The SMILES string of the molecule is CCNc1ccc(C(C)(C)O)cn1. The van der Waals surface area contributed by atoms with E-state index in [1.807, 2.05) is 19.1 Å². The summed E-state index contributed by atoms with van der Waals surface area (Å²) in [5.41, 5.74) is 0.0201. The summed E-state index contributed by atoms with van der Waals surface area (Å²) in [6.45, 7) is 6.37. The zero-order valence-electron chi connectivity index (χ0n) is 8.33. The van der Waals surface area contributed by atoms with Crippen molar-refractivity contribution in [3.63, 3.8) is 0 Å². The molecule has 0 radical (unpaired) electrons. The lowest BCUT2D eigenvalue weighted by Crippen LogP contribution is -2.15. The molecule has 0 fully saturated rings. The zero-order valence-corrected chi connectivity index (χ0v) is 8.33. The molecule has 2 N–H and O–H groups in total. The third kappa shape index (κ3) is 2.70. The van der Waals surface area contributed by atoms with Crippen molar-refractivity contribution >= 4 is 5.82 Å². The third-order valence-electron chi connectivity index (χ3n) is 1.83. The molecule has 0 aliphatic carbocycles. The van der Waals surface area contributed by atoms with Crippen LogP contribution < -0.4 is 5.32 Å². The second kappa shape index (κ2) is 3.75. The van der Waals surface area contributed by atoms with Gasteiger partial charge in [0.1, 0.15) is 5.82 Å². The highest BCUT2D eigenvalue weighted by Gasteiger charge is 2.15. The molecule has 0 aliphatic heterocycles. The van der Waals surface area contributed by atoms with Crippen molar-refractivity contribution in [2.45, 2.75) is 26.4 Å². The van der Waals surface area contributed by atoms with Crippen molar-refractivity contribution in [3.8, 4) is 0 Å². The van der Waals surface area contributed by atoms with Gasteiger partial charge in [0.2, 0.25) is 0 Å². The summed E-state index contributed by atoms with van der Waals surface area (Å²) in [6, 6.07) is 3.75. The first-order valence-electron chi connectivity index (χ1n) is 4.47. The fourth-order valence-electron chi connectivity index (χ4n) is 1.04. The monoisotopic (exact) mass is 180 g/mol. The molecule has 0 atom stereocenters. The van der Waals surface area contributed by atoms with Crippen LogP contribution in [-0.4, -0.2) is 16.6 Å². The van der Waals surface area contributed by atoms with E-state index in [-0.39, 0.29) is 0 Å². The first-order valence-corrected chi connectivity index (χ1v) is 4.47. The van der Waals surface area contributed by atoms with Crippen molar-refractivity contribution in [3.05, 3.63) is 23.9 Å². The molecule has 0 spiro atoms. The standard InChI is InChI=1S/C10H16N2O/c1-4-11-9-6-5-8(7-12-9)10(2,3)13/h5-7,13H,4H2,1-3H3,(H,11,12). The van der Waals surface area contributed by atoms with Crippen LogP contribution in [0.25, 0.3) is 0 Å². The number of anilines is 1. The lowest BCUT2D eigenvalue weighted by Gasteiger charge is -2.17. The number of pyridine rings is 1. The summed E-state index contributed by atoms with van der Waals surface area (Å²) in [5.74, 6) is 0.843. The van der Waals surface area contributed by atoms with E-state index < -0.39 is 5.60 Å². The molecular weight excluding hydrogens is 164 g/mol. The highest BCUT2D eigenvalue weighted by molar-refractivity contribution is 5.36. The van der Waals surface area contributed by atoms with Crippen LogP contribution in [0.3, 0.4) is 0 Å². The zero-order chi connectivity index (χ0) is 9.90. The fraction of sp³-hybridized carbons (Fsp3) is 0.500. The predicted molar refractivity (Wildman–Crippen MR) is 53.6 cm³/mol. The Labute approximate surface area is 78.8 Å². The lowest BCUT2D eigenvalue weighted by atomic mass is 10.0. The van der Waals surface area contributed by atoms with E-state index in [2.05, 4.69) is 10.3 Å². The molecule has 0 aliphatic rings. The number of nitrogens with zero attached hydrogens (tertiary/aromatic N) is 1. The van der Waals surface area contributed by atoms with Crippen LogP contribution in [0.1, 0.15) is 26.3 Å². The number of aromatic nitrogens is 1. The number of hydrogen-bond acceptors (Lipinski definition) is 3. The summed E-state index contributed by atoms with van der Waals surface area (Å²) in [4.78, 5) is 4.16. The Bertz CT molecular complexity index is 261. The average Bonchev–Trinajstić information content (AvgIpc) is 2.04. The highest BCUT2D eigenvalue weighted by Crippen LogP contribution is 2.19. The second-order valence-electron chi connectivity index (χ2n) is 3.52. The Morgan fingerprint density at radius 2 is 2.15 bits per heavy atom. The molecule has 0 bridgehead atoms. The van der Waals surface area contributed by atoms with Crippen LogP contribution in [0, 0.1) is 0 Å². The molecule has 72 valence electrons. The summed E-state index contributed by atoms with van der Waals surface area (Å²) in [7, 11) is 0. The van der Waals surface area contributed by atoms with E-state index in [9.17, 15) is 5.11 Å². The molecule has 0 amide bonds. The Hall–Kier alpha value is -1.09. The number of rotatable bonds is 3. The summed E-state index contributed by atoms with van der Waals surface area (Å²) in [6.07, 6.45) is 1.69. The van der Waals surface area contributed by atoms with Gasteiger partial charge in [-0.2, -0.15) is 0 Å². The Morgan fingerprint density at radius 3 is 2.54 bits per heavy atom. The van der Waals surface area contributed by atoms with Crippen LogP contribution in [0.4, 0.5) is 5.82 Å². The quantitative estimate of drug-likeness (QED) is 0.744. The summed E-state index contributed by atoms with van der Waals surface area (Å²) >= 11 is 0. The number of nitrogens with one attached hydrogen (secondary N) is 1. The maximum Gasteiger partial charge on any atom is 0.125 e. The van der Waals surface area contributed by atoms with Crippen molar-refractivity contribution in [1.82, 2.24) is 4.98 Å². The van der Waals surface area contributed by atoms with Gasteiger partial charge in [-0.3, -0.25) is 0 Å². The number of aliphatic hydroxyl groups is 1. The molecule has 0 saturated heterocycles. The van der Waals surface area contributed by atoms with Crippen molar-refractivity contribution in [2.75, 3.05) is 11.9 Å². The highest BCUT2D eigenvalue weighted by atomic mass is 16.3. The van der Waals surface area contributed by atoms with Gasteiger partial charge in [0.25, 0.3) is 0 Å². The minimum Gasteiger partial charge on any atom is -0.386 e. The van der Waals surface area contributed by atoms with E-state index in [0.717, 1.165) is 17.9 Å². The van der Waals surface area contributed by atoms with Crippen molar-refractivity contribution in [2.24, 2.45) is 0 Å². The van der Waals surface area contributed by atoms with Gasteiger partial charge in [0.05, 0.1) is 5.60 Å². The van der Waals surface area contributed by atoms with Gasteiger partial charge in [0.15, 0.2) is 0 Å².